The maximum Gasteiger partial charge on any atom is 0.0426 e. The monoisotopic (exact) mass is 212 g/mol. The Morgan fingerprint density at radius 1 is 1.43 bits per heavy atom. The molecule has 0 atom stereocenters. The third-order valence-corrected chi connectivity index (χ3v) is 2.37. The first-order chi connectivity index (χ1) is 6.65. The van der Waals surface area contributed by atoms with Gasteiger partial charge < -0.3 is 10.6 Å². The van der Waals surface area contributed by atoms with E-state index in [0.717, 1.165) is 17.3 Å². The predicted molar refractivity (Wildman–Crippen MR) is 63.0 cm³/mol. The molecule has 0 unspecified atom stereocenters. The highest BCUT2D eigenvalue weighted by Gasteiger charge is 2.09. The van der Waals surface area contributed by atoms with Gasteiger partial charge in [0.2, 0.25) is 0 Å². The van der Waals surface area contributed by atoms with Crippen molar-refractivity contribution in [2.75, 3.05) is 18.0 Å². The lowest BCUT2D eigenvalue weighted by Crippen LogP contribution is -2.35. The summed E-state index contributed by atoms with van der Waals surface area (Å²) in [5, 5.41) is 0.769. The molecule has 0 fully saturated rings. The van der Waals surface area contributed by atoms with E-state index in [-0.39, 0.29) is 0 Å². The van der Waals surface area contributed by atoms with E-state index < -0.39 is 0 Å². The highest BCUT2D eigenvalue weighted by molar-refractivity contribution is 6.30. The first kappa shape index (κ1) is 11.3. The summed E-state index contributed by atoms with van der Waals surface area (Å²) in [6, 6.07) is 8.31. The van der Waals surface area contributed by atoms with Gasteiger partial charge in [-0.1, -0.05) is 17.7 Å². The normalized spacial score (nSPS) is 10.6. The minimum Gasteiger partial charge on any atom is -0.368 e. The average molecular weight is 213 g/mol. The Bertz CT molecular complexity index is 286. The van der Waals surface area contributed by atoms with E-state index in [4.69, 9.17) is 17.3 Å². The lowest BCUT2D eigenvalue weighted by atomic mass is 10.2. The van der Waals surface area contributed by atoms with Crippen molar-refractivity contribution >= 4 is 17.3 Å². The maximum absolute atomic E-state index is 5.94. The van der Waals surface area contributed by atoms with Gasteiger partial charge in [-0.15, -0.1) is 0 Å². The molecular weight excluding hydrogens is 196 g/mol. The van der Waals surface area contributed by atoms with Crippen LogP contribution >= 0.6 is 11.6 Å². The highest BCUT2D eigenvalue weighted by atomic mass is 35.5. The van der Waals surface area contributed by atoms with Crippen LogP contribution in [0.25, 0.3) is 0 Å². The number of hydrogen-bond donors (Lipinski definition) is 1. The summed E-state index contributed by atoms with van der Waals surface area (Å²) in [4.78, 5) is 2.24. The minimum absolute atomic E-state index is 0.442. The van der Waals surface area contributed by atoms with Gasteiger partial charge in [0, 0.05) is 29.8 Å². The van der Waals surface area contributed by atoms with E-state index in [1.807, 2.05) is 18.2 Å². The molecule has 1 aromatic rings. The number of halogens is 1. The standard InChI is InChI=1S/C11H17ClN2/c1-9(2)14(7-6-13)11-5-3-4-10(12)8-11/h3-5,8-9H,6-7,13H2,1-2H3. The summed E-state index contributed by atoms with van der Waals surface area (Å²) in [5.41, 5.74) is 6.70. The van der Waals surface area contributed by atoms with Gasteiger partial charge in [-0.25, -0.2) is 0 Å². The molecule has 0 bridgehead atoms. The van der Waals surface area contributed by atoms with Gasteiger partial charge in [-0.2, -0.15) is 0 Å². The molecule has 1 aromatic carbocycles. The molecule has 0 aliphatic heterocycles. The van der Waals surface area contributed by atoms with E-state index in [1.165, 1.54) is 0 Å². The van der Waals surface area contributed by atoms with Gasteiger partial charge in [0.05, 0.1) is 0 Å². The van der Waals surface area contributed by atoms with Gasteiger partial charge >= 0.3 is 0 Å². The third-order valence-electron chi connectivity index (χ3n) is 2.13. The number of nitrogens with two attached hydrogens (primary N) is 1. The summed E-state index contributed by atoms with van der Waals surface area (Å²) in [7, 11) is 0. The molecule has 0 aliphatic carbocycles. The number of rotatable bonds is 4. The Morgan fingerprint density at radius 3 is 2.64 bits per heavy atom. The highest BCUT2D eigenvalue weighted by Crippen LogP contribution is 2.20. The van der Waals surface area contributed by atoms with Gasteiger partial charge in [-0.3, -0.25) is 0 Å². The smallest absolute Gasteiger partial charge is 0.0426 e. The van der Waals surface area contributed by atoms with Crippen LogP contribution in [0.4, 0.5) is 5.69 Å². The Morgan fingerprint density at radius 2 is 2.14 bits per heavy atom. The van der Waals surface area contributed by atoms with Crippen molar-refractivity contribution in [3.8, 4) is 0 Å². The molecule has 0 radical (unpaired) electrons. The summed E-state index contributed by atoms with van der Waals surface area (Å²) < 4.78 is 0. The molecule has 0 heterocycles. The fourth-order valence-electron chi connectivity index (χ4n) is 1.48. The third kappa shape index (κ3) is 2.89. The molecule has 0 saturated carbocycles. The van der Waals surface area contributed by atoms with E-state index >= 15 is 0 Å². The van der Waals surface area contributed by atoms with Gasteiger partial charge in [0.15, 0.2) is 0 Å². The number of anilines is 1. The molecule has 0 spiro atoms. The van der Waals surface area contributed by atoms with Crippen LogP contribution in [0.3, 0.4) is 0 Å². The van der Waals surface area contributed by atoms with Crippen LogP contribution in [0.5, 0.6) is 0 Å². The van der Waals surface area contributed by atoms with Crippen molar-refractivity contribution in [3.05, 3.63) is 29.3 Å². The number of nitrogens with zero attached hydrogens (tertiary/aromatic N) is 1. The van der Waals surface area contributed by atoms with Crippen LogP contribution in [0, 0.1) is 0 Å². The topological polar surface area (TPSA) is 29.3 Å². The lowest BCUT2D eigenvalue weighted by molar-refractivity contribution is 0.684. The molecule has 14 heavy (non-hydrogen) atoms. The van der Waals surface area contributed by atoms with Crippen LogP contribution in [0.1, 0.15) is 13.8 Å². The molecule has 1 rings (SSSR count). The second kappa shape index (κ2) is 5.23. The summed E-state index contributed by atoms with van der Waals surface area (Å²) in [6.07, 6.45) is 0. The minimum atomic E-state index is 0.442. The zero-order valence-electron chi connectivity index (χ0n) is 8.70. The number of benzene rings is 1. The Kier molecular flexibility index (Phi) is 4.23. The molecule has 0 aromatic heterocycles. The molecular formula is C11H17ClN2. The van der Waals surface area contributed by atoms with Crippen LogP contribution < -0.4 is 10.6 Å². The van der Waals surface area contributed by atoms with Gasteiger partial charge in [-0.05, 0) is 32.0 Å². The molecule has 78 valence electrons. The Hall–Kier alpha value is -0.730. The first-order valence-corrected chi connectivity index (χ1v) is 5.25. The molecule has 0 aliphatic rings. The number of hydrogen-bond acceptors (Lipinski definition) is 2. The van der Waals surface area contributed by atoms with E-state index in [0.29, 0.717) is 12.6 Å². The summed E-state index contributed by atoms with van der Waals surface area (Å²) >= 11 is 5.94. The van der Waals surface area contributed by atoms with E-state index in [1.54, 1.807) is 0 Å². The fraction of sp³-hybridized carbons (Fsp3) is 0.455. The largest absolute Gasteiger partial charge is 0.368 e. The van der Waals surface area contributed by atoms with Crippen molar-refractivity contribution in [3.63, 3.8) is 0 Å². The Balaban J connectivity index is 2.87. The van der Waals surface area contributed by atoms with Crippen LogP contribution in [0.15, 0.2) is 24.3 Å². The van der Waals surface area contributed by atoms with Crippen molar-refractivity contribution in [1.82, 2.24) is 0 Å². The van der Waals surface area contributed by atoms with E-state index in [9.17, 15) is 0 Å². The lowest BCUT2D eigenvalue weighted by Gasteiger charge is -2.28. The molecule has 3 heteroatoms. The summed E-state index contributed by atoms with van der Waals surface area (Å²) in [5.74, 6) is 0. The first-order valence-electron chi connectivity index (χ1n) is 4.87. The molecule has 0 saturated heterocycles. The van der Waals surface area contributed by atoms with Crippen molar-refractivity contribution in [2.24, 2.45) is 5.73 Å². The quantitative estimate of drug-likeness (QED) is 0.831. The van der Waals surface area contributed by atoms with Crippen molar-refractivity contribution < 1.29 is 0 Å². The maximum atomic E-state index is 5.94. The van der Waals surface area contributed by atoms with E-state index in [2.05, 4.69) is 24.8 Å². The summed E-state index contributed by atoms with van der Waals surface area (Å²) in [6.45, 7) is 5.82. The SMILES string of the molecule is CC(C)N(CCN)c1cccc(Cl)c1. The second-order valence-electron chi connectivity index (χ2n) is 3.56. The van der Waals surface area contributed by atoms with Gasteiger partial charge in [0.25, 0.3) is 0 Å². The van der Waals surface area contributed by atoms with Crippen LogP contribution in [-0.4, -0.2) is 19.1 Å². The van der Waals surface area contributed by atoms with Crippen molar-refractivity contribution in [2.45, 2.75) is 19.9 Å². The zero-order chi connectivity index (χ0) is 10.6. The predicted octanol–water partition coefficient (Wildman–Crippen LogP) is 2.51. The average Bonchev–Trinajstić information content (AvgIpc) is 2.13. The second-order valence-corrected chi connectivity index (χ2v) is 3.99. The Labute approximate surface area is 90.7 Å². The fourth-order valence-corrected chi connectivity index (χ4v) is 1.66. The zero-order valence-corrected chi connectivity index (χ0v) is 9.46. The van der Waals surface area contributed by atoms with Crippen LogP contribution in [0.2, 0.25) is 5.02 Å². The molecule has 2 nitrogen and oxygen atoms in total. The van der Waals surface area contributed by atoms with Gasteiger partial charge in [0.1, 0.15) is 0 Å². The molecule has 2 N–H and O–H groups in total. The van der Waals surface area contributed by atoms with Crippen LogP contribution in [-0.2, 0) is 0 Å². The molecule has 0 amide bonds. The van der Waals surface area contributed by atoms with Crippen molar-refractivity contribution in [1.29, 1.82) is 0 Å².